The van der Waals surface area contributed by atoms with Gasteiger partial charge in [-0.05, 0) is 72.1 Å². The first kappa shape index (κ1) is 35.0. The summed E-state index contributed by atoms with van der Waals surface area (Å²) >= 11 is -0.750. The van der Waals surface area contributed by atoms with Crippen LogP contribution in [0.2, 0.25) is 0 Å². The van der Waals surface area contributed by atoms with E-state index in [1.165, 1.54) is 24.3 Å². The second-order valence-electron chi connectivity index (χ2n) is 10.3. The van der Waals surface area contributed by atoms with E-state index in [-0.39, 0.29) is 40.1 Å². The van der Waals surface area contributed by atoms with Crippen molar-refractivity contribution in [1.29, 1.82) is 0 Å². The summed E-state index contributed by atoms with van der Waals surface area (Å²) in [5.74, 6) is -0.958. The fraction of sp³-hybridized carbons (Fsp3) is 0.226. The molecule has 0 bridgehead atoms. The number of aliphatic hydroxyl groups is 1. The van der Waals surface area contributed by atoms with Crippen molar-refractivity contribution in [2.24, 2.45) is 0 Å². The zero-order chi connectivity index (χ0) is 34.7. The van der Waals surface area contributed by atoms with Crippen LogP contribution in [0.1, 0.15) is 42.5 Å². The number of oxazole rings is 1. The maximum absolute atomic E-state index is 14.8. The summed E-state index contributed by atoms with van der Waals surface area (Å²) in [5.41, 5.74) is 1.28. The lowest BCUT2D eigenvalue weighted by atomic mass is 9.95. The van der Waals surface area contributed by atoms with E-state index in [1.54, 1.807) is 39.0 Å². The van der Waals surface area contributed by atoms with Gasteiger partial charge in [-0.25, -0.2) is 14.1 Å². The van der Waals surface area contributed by atoms with E-state index < -0.39 is 48.0 Å². The number of hydrogen-bond donors (Lipinski definition) is 1. The molecule has 0 aliphatic rings. The quantitative estimate of drug-likeness (QED) is 0.173. The first-order valence-electron chi connectivity index (χ1n) is 13.5. The van der Waals surface area contributed by atoms with E-state index in [4.69, 9.17) is 12.8 Å². The fourth-order valence-electron chi connectivity index (χ4n) is 4.63. The average Bonchev–Trinajstić information content (AvgIpc) is 3.66. The highest BCUT2D eigenvalue weighted by Gasteiger charge is 2.34. The van der Waals surface area contributed by atoms with E-state index in [0.717, 1.165) is 29.1 Å². The molecule has 16 heteroatoms. The lowest BCUT2D eigenvalue weighted by molar-refractivity contribution is -0.274. The molecule has 47 heavy (non-hydrogen) atoms. The molecule has 1 N–H and O–H groups in total. The van der Waals surface area contributed by atoms with Gasteiger partial charge in [-0.2, -0.15) is 26.7 Å². The predicted molar refractivity (Wildman–Crippen MR) is 155 cm³/mol. The zero-order valence-corrected chi connectivity index (χ0v) is 25.4. The molecule has 3 aromatic carbocycles. The maximum atomic E-state index is 14.8. The standard InChI is InChI=1S/C31H24F7N3O3.O2S/c1-16(2)29-39-27(28(43-29)18-4-7-21(8-5-18)44-31(36,37)38)22-13-19(20-12-17(3)23(15-42)24(32)14-20)6-9-25(22)41-11-10-26(40-41)30(33,34)35;1-3-2/h4-14,16,42H,15H2,1-3H3;. The van der Waals surface area contributed by atoms with Gasteiger partial charge >= 0.3 is 24.1 Å². The zero-order valence-electron chi connectivity index (χ0n) is 24.6. The van der Waals surface area contributed by atoms with Gasteiger partial charge < -0.3 is 14.3 Å². The predicted octanol–water partition coefficient (Wildman–Crippen LogP) is 8.17. The largest absolute Gasteiger partial charge is 0.573 e. The van der Waals surface area contributed by atoms with Crippen LogP contribution in [0.15, 0.2) is 71.3 Å². The summed E-state index contributed by atoms with van der Waals surface area (Å²) in [7, 11) is 0. The minimum absolute atomic E-state index is 0.125. The van der Waals surface area contributed by atoms with Crippen LogP contribution in [-0.4, -0.2) is 34.7 Å². The third kappa shape index (κ3) is 8.13. The molecule has 248 valence electrons. The van der Waals surface area contributed by atoms with Crippen molar-refractivity contribution in [3.63, 3.8) is 0 Å². The van der Waals surface area contributed by atoms with Crippen LogP contribution in [0.4, 0.5) is 30.7 Å². The Morgan fingerprint density at radius 3 is 2.11 bits per heavy atom. The van der Waals surface area contributed by atoms with Gasteiger partial charge in [0.05, 0.1) is 12.3 Å². The molecule has 0 saturated heterocycles. The number of rotatable bonds is 7. The molecule has 5 rings (SSSR count). The van der Waals surface area contributed by atoms with Crippen molar-refractivity contribution >= 4 is 11.6 Å². The molecule has 2 heterocycles. The molecule has 0 amide bonds. The first-order chi connectivity index (χ1) is 22.1. The monoisotopic (exact) mass is 683 g/mol. The minimum atomic E-state index is -4.90. The average molecular weight is 684 g/mol. The summed E-state index contributed by atoms with van der Waals surface area (Å²) in [6, 6.07) is 13.2. The molecule has 0 fully saturated rings. The Hall–Kier alpha value is -4.83. The van der Waals surface area contributed by atoms with Crippen LogP contribution < -0.4 is 4.74 Å². The second-order valence-corrected chi connectivity index (χ2v) is 10.4. The van der Waals surface area contributed by atoms with Crippen LogP contribution in [-0.2, 0) is 24.4 Å². The SMILES string of the molecule is Cc1cc(-c2ccc(-n3ccc(C(F)(F)F)n3)c(-c3nc(C(C)C)oc3-c3ccc(OC(F)(F)F)cc3)c2)cc(F)c1CO.O=S=O. The molecule has 8 nitrogen and oxygen atoms in total. The molecule has 0 spiro atoms. The Morgan fingerprint density at radius 1 is 0.936 bits per heavy atom. The molecule has 5 aromatic rings. The van der Waals surface area contributed by atoms with Gasteiger partial charge in [0, 0.05) is 28.8 Å². The van der Waals surface area contributed by atoms with Crippen molar-refractivity contribution < 1.29 is 53.4 Å². The van der Waals surface area contributed by atoms with E-state index in [9.17, 15) is 35.8 Å². The number of hydrogen-bond acceptors (Lipinski definition) is 7. The van der Waals surface area contributed by atoms with E-state index in [2.05, 4.69) is 14.8 Å². The molecule has 0 atom stereocenters. The molecule has 0 aliphatic heterocycles. The summed E-state index contributed by atoms with van der Waals surface area (Å²) in [6.45, 7) is 4.73. The Kier molecular flexibility index (Phi) is 10.3. The molecular weight excluding hydrogens is 659 g/mol. The molecular formula is C31H24F7N3O5S. The van der Waals surface area contributed by atoms with Crippen LogP contribution in [0, 0.1) is 12.7 Å². The highest BCUT2D eigenvalue weighted by Crippen LogP contribution is 2.41. The number of nitrogens with zero attached hydrogens (tertiary/aromatic N) is 3. The fourth-order valence-corrected chi connectivity index (χ4v) is 4.63. The number of alkyl halides is 6. The number of aryl methyl sites for hydroxylation is 1. The van der Waals surface area contributed by atoms with Gasteiger partial charge in [-0.15, -0.1) is 13.2 Å². The topological polar surface area (TPSA) is 107 Å². The second kappa shape index (κ2) is 13.9. The lowest BCUT2D eigenvalue weighted by Gasteiger charge is -2.14. The lowest BCUT2D eigenvalue weighted by Crippen LogP contribution is -2.16. The number of aromatic nitrogens is 3. The molecule has 0 unspecified atom stereocenters. The highest BCUT2D eigenvalue weighted by molar-refractivity contribution is 7.51. The molecule has 0 aliphatic carbocycles. The van der Waals surface area contributed by atoms with Crippen molar-refractivity contribution in [1.82, 2.24) is 14.8 Å². The van der Waals surface area contributed by atoms with Gasteiger partial charge in [0.25, 0.3) is 0 Å². The van der Waals surface area contributed by atoms with Crippen molar-refractivity contribution in [3.05, 3.63) is 95.4 Å². The Balaban J connectivity index is 0.00000160. The third-order valence-corrected chi connectivity index (χ3v) is 6.78. The molecule has 0 radical (unpaired) electrons. The van der Waals surface area contributed by atoms with Crippen LogP contribution in [0.5, 0.6) is 5.75 Å². The third-order valence-electron chi connectivity index (χ3n) is 6.78. The van der Waals surface area contributed by atoms with E-state index in [1.807, 2.05) is 0 Å². The van der Waals surface area contributed by atoms with Gasteiger partial charge in [0.1, 0.15) is 17.3 Å². The number of ether oxygens (including phenoxy) is 1. The van der Waals surface area contributed by atoms with E-state index in [0.29, 0.717) is 22.3 Å². The minimum Gasteiger partial charge on any atom is -0.440 e. The van der Waals surface area contributed by atoms with Crippen LogP contribution in [0.3, 0.4) is 0 Å². The summed E-state index contributed by atoms with van der Waals surface area (Å²) < 4.78 is 121. The molecule has 0 saturated carbocycles. The van der Waals surface area contributed by atoms with Gasteiger partial charge in [0.2, 0.25) is 0 Å². The summed E-state index contributed by atoms with van der Waals surface area (Å²) in [5, 5.41) is 13.2. The normalized spacial score (nSPS) is 11.7. The number of halogens is 7. The Bertz CT molecular complexity index is 1890. The Morgan fingerprint density at radius 2 is 1.57 bits per heavy atom. The van der Waals surface area contributed by atoms with E-state index >= 15 is 0 Å². The maximum Gasteiger partial charge on any atom is 0.573 e. The van der Waals surface area contributed by atoms with Gasteiger partial charge in [0.15, 0.2) is 17.3 Å². The number of aliphatic hydroxyl groups excluding tert-OH is 1. The van der Waals surface area contributed by atoms with Gasteiger partial charge in [-0.3, -0.25) is 0 Å². The van der Waals surface area contributed by atoms with Crippen LogP contribution >= 0.6 is 0 Å². The van der Waals surface area contributed by atoms with Crippen molar-refractivity contribution in [3.8, 4) is 45.1 Å². The Labute approximate surface area is 266 Å². The summed E-state index contributed by atoms with van der Waals surface area (Å²) in [6.07, 6.45) is -8.47. The number of benzene rings is 3. The summed E-state index contributed by atoms with van der Waals surface area (Å²) in [4.78, 5) is 4.63. The van der Waals surface area contributed by atoms with Crippen molar-refractivity contribution in [2.45, 2.75) is 45.8 Å². The highest BCUT2D eigenvalue weighted by atomic mass is 32.1. The first-order valence-corrected chi connectivity index (χ1v) is 14.2. The smallest absolute Gasteiger partial charge is 0.440 e. The molecule has 2 aromatic heterocycles. The van der Waals surface area contributed by atoms with Crippen molar-refractivity contribution in [2.75, 3.05) is 0 Å². The van der Waals surface area contributed by atoms with Crippen LogP contribution in [0.25, 0.3) is 39.4 Å². The van der Waals surface area contributed by atoms with Gasteiger partial charge in [-0.1, -0.05) is 26.0 Å².